The van der Waals surface area contributed by atoms with Gasteiger partial charge in [0.15, 0.2) is 0 Å². The summed E-state index contributed by atoms with van der Waals surface area (Å²) in [6.45, 7) is 3.52. The smallest absolute Gasteiger partial charge is 0.274 e. The number of nitrogens with two attached hydrogens (primary N) is 1. The zero-order chi connectivity index (χ0) is 9.84. The molecule has 2 N–H and O–H groups in total. The van der Waals surface area contributed by atoms with Crippen molar-refractivity contribution >= 4 is 11.4 Å². The molecule has 0 spiro atoms. The number of anilines is 1. The SMILES string of the molecule is C=CCc1ccc(N)cc1[N+](=O)[O-]. The van der Waals surface area contributed by atoms with Gasteiger partial charge in [-0.25, -0.2) is 0 Å². The molecular formula is C9H10N2O2. The Kier molecular flexibility index (Phi) is 2.64. The van der Waals surface area contributed by atoms with E-state index in [1.54, 1.807) is 18.2 Å². The van der Waals surface area contributed by atoms with Gasteiger partial charge in [0.2, 0.25) is 0 Å². The monoisotopic (exact) mass is 178 g/mol. The van der Waals surface area contributed by atoms with Gasteiger partial charge >= 0.3 is 0 Å². The van der Waals surface area contributed by atoms with Gasteiger partial charge in [0.25, 0.3) is 5.69 Å². The van der Waals surface area contributed by atoms with Crippen LogP contribution < -0.4 is 5.73 Å². The van der Waals surface area contributed by atoms with Crippen molar-refractivity contribution in [3.8, 4) is 0 Å². The second-order valence-corrected chi connectivity index (χ2v) is 2.64. The fraction of sp³-hybridized carbons (Fsp3) is 0.111. The Morgan fingerprint density at radius 2 is 2.31 bits per heavy atom. The summed E-state index contributed by atoms with van der Waals surface area (Å²) in [5.74, 6) is 0. The van der Waals surface area contributed by atoms with Crippen molar-refractivity contribution < 1.29 is 4.92 Å². The summed E-state index contributed by atoms with van der Waals surface area (Å²) in [5, 5.41) is 10.6. The molecule has 0 saturated carbocycles. The molecule has 1 aromatic rings. The lowest BCUT2D eigenvalue weighted by molar-refractivity contribution is -0.385. The largest absolute Gasteiger partial charge is 0.399 e. The lowest BCUT2D eigenvalue weighted by Crippen LogP contribution is -1.96. The van der Waals surface area contributed by atoms with Gasteiger partial charge in [-0.2, -0.15) is 0 Å². The Morgan fingerprint density at radius 3 is 2.85 bits per heavy atom. The van der Waals surface area contributed by atoms with Crippen LogP contribution in [-0.4, -0.2) is 4.92 Å². The van der Waals surface area contributed by atoms with Crippen LogP contribution in [0.25, 0.3) is 0 Å². The molecule has 1 aromatic carbocycles. The number of benzene rings is 1. The third-order valence-electron chi connectivity index (χ3n) is 1.67. The van der Waals surface area contributed by atoms with Crippen molar-refractivity contribution in [2.24, 2.45) is 0 Å². The van der Waals surface area contributed by atoms with Gasteiger partial charge in [0, 0.05) is 17.3 Å². The molecule has 0 fully saturated rings. The summed E-state index contributed by atoms with van der Waals surface area (Å²) in [4.78, 5) is 10.1. The van der Waals surface area contributed by atoms with Gasteiger partial charge in [0.1, 0.15) is 0 Å². The molecule has 0 unspecified atom stereocenters. The molecule has 0 bridgehead atoms. The van der Waals surface area contributed by atoms with Gasteiger partial charge in [-0.3, -0.25) is 10.1 Å². The summed E-state index contributed by atoms with van der Waals surface area (Å²) in [6, 6.07) is 4.65. The first-order valence-electron chi connectivity index (χ1n) is 3.79. The first-order valence-corrected chi connectivity index (χ1v) is 3.79. The van der Waals surface area contributed by atoms with Gasteiger partial charge in [-0.05, 0) is 18.6 Å². The van der Waals surface area contributed by atoms with Gasteiger partial charge < -0.3 is 5.73 Å². The molecule has 0 aliphatic carbocycles. The molecule has 1 rings (SSSR count). The number of hydrogen-bond donors (Lipinski definition) is 1. The van der Waals surface area contributed by atoms with Crippen LogP contribution in [0.1, 0.15) is 5.56 Å². The quantitative estimate of drug-likeness (QED) is 0.332. The lowest BCUT2D eigenvalue weighted by atomic mass is 10.1. The maximum absolute atomic E-state index is 10.6. The standard InChI is InChI=1S/C9H10N2O2/c1-2-3-7-4-5-8(10)6-9(7)11(12)13/h2,4-6H,1,3,10H2. The molecule has 4 heteroatoms. The Bertz CT molecular complexity index is 347. The average molecular weight is 178 g/mol. The minimum atomic E-state index is -0.435. The number of nitrogen functional groups attached to an aromatic ring is 1. The highest BCUT2D eigenvalue weighted by Gasteiger charge is 2.11. The molecular weight excluding hydrogens is 168 g/mol. The summed E-state index contributed by atoms with van der Waals surface area (Å²) >= 11 is 0. The van der Waals surface area contributed by atoms with Crippen LogP contribution in [0.15, 0.2) is 30.9 Å². The summed E-state index contributed by atoms with van der Waals surface area (Å²) in [5.41, 5.74) is 6.52. The van der Waals surface area contributed by atoms with E-state index in [0.717, 1.165) is 0 Å². The normalized spacial score (nSPS) is 9.54. The molecule has 68 valence electrons. The third-order valence-corrected chi connectivity index (χ3v) is 1.67. The van der Waals surface area contributed by atoms with E-state index in [4.69, 9.17) is 5.73 Å². The van der Waals surface area contributed by atoms with Gasteiger partial charge in [-0.15, -0.1) is 6.58 Å². The van der Waals surface area contributed by atoms with E-state index in [1.807, 2.05) is 0 Å². The fourth-order valence-electron chi connectivity index (χ4n) is 1.08. The highest BCUT2D eigenvalue weighted by molar-refractivity contribution is 5.52. The summed E-state index contributed by atoms with van der Waals surface area (Å²) < 4.78 is 0. The predicted octanol–water partition coefficient (Wildman–Crippen LogP) is 1.91. The topological polar surface area (TPSA) is 69.2 Å². The molecule has 0 amide bonds. The summed E-state index contributed by atoms with van der Waals surface area (Å²) in [6.07, 6.45) is 2.11. The van der Waals surface area contributed by atoms with Crippen molar-refractivity contribution in [3.63, 3.8) is 0 Å². The van der Waals surface area contributed by atoms with Crippen LogP contribution in [-0.2, 0) is 6.42 Å². The van der Waals surface area contributed by atoms with Crippen molar-refractivity contribution in [3.05, 3.63) is 46.5 Å². The summed E-state index contributed by atoms with van der Waals surface area (Å²) in [7, 11) is 0. The maximum Gasteiger partial charge on any atom is 0.274 e. The second-order valence-electron chi connectivity index (χ2n) is 2.64. The first-order chi connectivity index (χ1) is 6.15. The Hall–Kier alpha value is -1.84. The Morgan fingerprint density at radius 1 is 1.62 bits per heavy atom. The molecule has 0 aliphatic rings. The van der Waals surface area contributed by atoms with Crippen LogP contribution in [0, 0.1) is 10.1 Å². The maximum atomic E-state index is 10.6. The molecule has 0 saturated heterocycles. The van der Waals surface area contributed by atoms with Crippen LogP contribution in [0.5, 0.6) is 0 Å². The fourth-order valence-corrected chi connectivity index (χ4v) is 1.08. The molecule has 0 heterocycles. The minimum Gasteiger partial charge on any atom is -0.399 e. The Balaban J connectivity index is 3.17. The van der Waals surface area contributed by atoms with Crippen molar-refractivity contribution in [1.29, 1.82) is 0 Å². The van der Waals surface area contributed by atoms with E-state index >= 15 is 0 Å². The number of allylic oxidation sites excluding steroid dienone is 1. The zero-order valence-electron chi connectivity index (χ0n) is 7.06. The van der Waals surface area contributed by atoms with Crippen molar-refractivity contribution in [2.75, 3.05) is 5.73 Å². The number of nitro groups is 1. The van der Waals surface area contributed by atoms with Gasteiger partial charge in [-0.1, -0.05) is 6.08 Å². The number of nitro benzene ring substituents is 1. The zero-order valence-corrected chi connectivity index (χ0v) is 7.06. The van der Waals surface area contributed by atoms with Crippen LogP contribution >= 0.6 is 0 Å². The van der Waals surface area contributed by atoms with Crippen molar-refractivity contribution in [2.45, 2.75) is 6.42 Å². The molecule has 0 aliphatic heterocycles. The van der Waals surface area contributed by atoms with Crippen LogP contribution in [0.4, 0.5) is 11.4 Å². The molecule has 13 heavy (non-hydrogen) atoms. The van der Waals surface area contributed by atoms with E-state index in [1.165, 1.54) is 6.07 Å². The first kappa shape index (κ1) is 9.25. The molecule has 0 atom stereocenters. The van der Waals surface area contributed by atoms with Gasteiger partial charge in [0.05, 0.1) is 4.92 Å². The minimum absolute atomic E-state index is 0.0555. The highest BCUT2D eigenvalue weighted by atomic mass is 16.6. The molecule has 0 aromatic heterocycles. The van der Waals surface area contributed by atoms with E-state index in [9.17, 15) is 10.1 Å². The molecule has 4 nitrogen and oxygen atoms in total. The lowest BCUT2D eigenvalue weighted by Gasteiger charge is -2.00. The van der Waals surface area contributed by atoms with E-state index in [0.29, 0.717) is 17.7 Å². The van der Waals surface area contributed by atoms with E-state index < -0.39 is 4.92 Å². The highest BCUT2D eigenvalue weighted by Crippen LogP contribution is 2.21. The number of hydrogen-bond acceptors (Lipinski definition) is 3. The van der Waals surface area contributed by atoms with Crippen LogP contribution in [0.2, 0.25) is 0 Å². The van der Waals surface area contributed by atoms with E-state index in [2.05, 4.69) is 6.58 Å². The average Bonchev–Trinajstić information content (AvgIpc) is 2.08. The van der Waals surface area contributed by atoms with Crippen molar-refractivity contribution in [1.82, 2.24) is 0 Å². The van der Waals surface area contributed by atoms with E-state index in [-0.39, 0.29) is 5.69 Å². The predicted molar refractivity (Wildman–Crippen MR) is 51.4 cm³/mol. The third kappa shape index (κ3) is 2.05. The number of nitrogens with zero attached hydrogens (tertiary/aromatic N) is 1. The molecule has 0 radical (unpaired) electrons. The second kappa shape index (κ2) is 3.71. The number of rotatable bonds is 3. The van der Waals surface area contributed by atoms with Crippen LogP contribution in [0.3, 0.4) is 0 Å². The Labute approximate surface area is 75.8 Å².